The summed E-state index contributed by atoms with van der Waals surface area (Å²) < 4.78 is 0.873. The first-order valence-electron chi connectivity index (χ1n) is 6.03. The highest BCUT2D eigenvalue weighted by molar-refractivity contribution is 9.10. The van der Waals surface area contributed by atoms with E-state index in [1.807, 2.05) is 30.0 Å². The number of nitrogens with one attached hydrogen (secondary N) is 1. The molecule has 1 aliphatic rings. The van der Waals surface area contributed by atoms with Crippen LogP contribution in [0.25, 0.3) is 0 Å². The Morgan fingerprint density at radius 1 is 1.61 bits per heavy atom. The minimum atomic E-state index is -0.226. The Kier molecular flexibility index (Phi) is 4.86. The zero-order valence-electron chi connectivity index (χ0n) is 10.2. The third kappa shape index (κ3) is 2.98. The van der Waals surface area contributed by atoms with Gasteiger partial charge in [0.25, 0.3) is 0 Å². The fourth-order valence-corrected chi connectivity index (χ4v) is 4.01. The zero-order chi connectivity index (χ0) is 13.2. The molecule has 0 aliphatic carbocycles. The summed E-state index contributed by atoms with van der Waals surface area (Å²) in [4.78, 5) is 0. The third-order valence-corrected chi connectivity index (χ3v) is 6.20. The van der Waals surface area contributed by atoms with Gasteiger partial charge in [0, 0.05) is 15.4 Å². The summed E-state index contributed by atoms with van der Waals surface area (Å²) in [6, 6.07) is 5.78. The van der Waals surface area contributed by atoms with Crippen LogP contribution in [-0.4, -0.2) is 28.3 Å². The van der Waals surface area contributed by atoms with E-state index in [1.165, 1.54) is 5.75 Å². The molecule has 18 heavy (non-hydrogen) atoms. The molecule has 0 saturated carbocycles. The number of hydrogen-bond acceptors (Lipinski definition) is 3. The van der Waals surface area contributed by atoms with Crippen LogP contribution in [0.1, 0.15) is 19.8 Å². The van der Waals surface area contributed by atoms with Crippen molar-refractivity contribution in [3.05, 3.63) is 27.7 Å². The Labute approximate surface area is 126 Å². The van der Waals surface area contributed by atoms with Gasteiger partial charge in [-0.3, -0.25) is 0 Å². The average molecular weight is 351 g/mol. The lowest BCUT2D eigenvalue weighted by atomic mass is 9.90. The van der Waals surface area contributed by atoms with Crippen LogP contribution in [-0.2, 0) is 0 Å². The van der Waals surface area contributed by atoms with E-state index in [2.05, 4.69) is 28.2 Å². The maximum absolute atomic E-state index is 9.78. The summed E-state index contributed by atoms with van der Waals surface area (Å²) in [5.74, 6) is 1.18. The molecule has 1 aliphatic heterocycles. The summed E-state index contributed by atoms with van der Waals surface area (Å²) >= 11 is 11.3. The summed E-state index contributed by atoms with van der Waals surface area (Å²) in [5.41, 5.74) is 0.769. The van der Waals surface area contributed by atoms with E-state index in [0.717, 1.165) is 23.0 Å². The van der Waals surface area contributed by atoms with Crippen molar-refractivity contribution in [2.24, 2.45) is 0 Å². The van der Waals surface area contributed by atoms with Gasteiger partial charge in [0.2, 0.25) is 0 Å². The normalized spacial score (nSPS) is 28.1. The molecule has 2 atom stereocenters. The standard InChI is InChI=1S/C13H17BrClNOS/c1-9-13(8-17,5-2-6-18-9)16-10-3-4-12(15)11(14)7-10/h3-4,7,9,16-17H,2,5-6,8H2,1H3. The number of aliphatic hydroxyl groups is 1. The number of hydrogen-bond donors (Lipinski definition) is 2. The van der Waals surface area contributed by atoms with Crippen molar-refractivity contribution in [3.63, 3.8) is 0 Å². The van der Waals surface area contributed by atoms with Crippen LogP contribution in [0.2, 0.25) is 5.02 Å². The molecule has 0 bridgehead atoms. The highest BCUT2D eigenvalue weighted by atomic mass is 79.9. The van der Waals surface area contributed by atoms with Crippen LogP contribution in [0.3, 0.4) is 0 Å². The van der Waals surface area contributed by atoms with Gasteiger partial charge in [-0.05, 0) is 52.7 Å². The lowest BCUT2D eigenvalue weighted by Gasteiger charge is -2.42. The first-order chi connectivity index (χ1) is 8.57. The minimum absolute atomic E-state index is 0.154. The number of aliphatic hydroxyl groups excluding tert-OH is 1. The van der Waals surface area contributed by atoms with E-state index in [1.54, 1.807) is 0 Å². The van der Waals surface area contributed by atoms with Crippen molar-refractivity contribution in [3.8, 4) is 0 Å². The number of benzene rings is 1. The van der Waals surface area contributed by atoms with Crippen molar-refractivity contribution in [2.45, 2.75) is 30.6 Å². The molecule has 2 N–H and O–H groups in total. The fourth-order valence-electron chi connectivity index (χ4n) is 2.28. The molecule has 1 heterocycles. The van der Waals surface area contributed by atoms with Gasteiger partial charge in [-0.25, -0.2) is 0 Å². The van der Waals surface area contributed by atoms with Gasteiger partial charge in [-0.2, -0.15) is 11.8 Å². The van der Waals surface area contributed by atoms with Crippen LogP contribution in [0.15, 0.2) is 22.7 Å². The number of thioether (sulfide) groups is 1. The van der Waals surface area contributed by atoms with E-state index in [0.29, 0.717) is 10.3 Å². The molecule has 0 aromatic heterocycles. The number of anilines is 1. The molecule has 1 fully saturated rings. The fraction of sp³-hybridized carbons (Fsp3) is 0.538. The Morgan fingerprint density at radius 3 is 3.00 bits per heavy atom. The predicted octanol–water partition coefficient (Wildman–Crippen LogP) is 4.16. The summed E-state index contributed by atoms with van der Waals surface area (Å²) in [6.45, 7) is 2.33. The maximum atomic E-state index is 9.78. The van der Waals surface area contributed by atoms with Crippen LogP contribution >= 0.6 is 39.3 Å². The highest BCUT2D eigenvalue weighted by Crippen LogP contribution is 2.37. The van der Waals surface area contributed by atoms with Gasteiger partial charge in [0.05, 0.1) is 17.2 Å². The monoisotopic (exact) mass is 349 g/mol. The largest absolute Gasteiger partial charge is 0.394 e. The SMILES string of the molecule is CC1SCCCC1(CO)Nc1ccc(Cl)c(Br)c1. The van der Waals surface area contributed by atoms with Crippen molar-refractivity contribution in [1.82, 2.24) is 0 Å². The van der Waals surface area contributed by atoms with Gasteiger partial charge in [0.15, 0.2) is 0 Å². The molecule has 0 radical (unpaired) electrons. The van der Waals surface area contributed by atoms with E-state index in [9.17, 15) is 5.11 Å². The Morgan fingerprint density at radius 2 is 2.39 bits per heavy atom. The second kappa shape index (κ2) is 6.04. The molecule has 100 valence electrons. The van der Waals surface area contributed by atoms with Gasteiger partial charge >= 0.3 is 0 Å². The van der Waals surface area contributed by atoms with Crippen LogP contribution in [0.5, 0.6) is 0 Å². The molecule has 2 unspecified atom stereocenters. The summed E-state index contributed by atoms with van der Waals surface area (Å²) in [7, 11) is 0. The highest BCUT2D eigenvalue weighted by Gasteiger charge is 2.38. The Balaban J connectivity index is 2.21. The van der Waals surface area contributed by atoms with E-state index >= 15 is 0 Å². The van der Waals surface area contributed by atoms with Gasteiger partial charge in [0.1, 0.15) is 0 Å². The smallest absolute Gasteiger partial charge is 0.0719 e. The first-order valence-corrected chi connectivity index (χ1v) is 8.25. The third-order valence-electron chi connectivity index (χ3n) is 3.51. The minimum Gasteiger partial charge on any atom is -0.394 e. The van der Waals surface area contributed by atoms with E-state index in [4.69, 9.17) is 11.6 Å². The second-order valence-corrected chi connectivity index (χ2v) is 7.39. The quantitative estimate of drug-likeness (QED) is 0.858. The average Bonchev–Trinajstić information content (AvgIpc) is 2.37. The van der Waals surface area contributed by atoms with Crippen molar-refractivity contribution in [1.29, 1.82) is 0 Å². The lowest BCUT2D eigenvalue weighted by Crippen LogP contribution is -2.51. The van der Waals surface area contributed by atoms with Gasteiger partial charge < -0.3 is 10.4 Å². The van der Waals surface area contributed by atoms with E-state index in [-0.39, 0.29) is 12.1 Å². The molecule has 2 rings (SSSR count). The van der Waals surface area contributed by atoms with Crippen molar-refractivity contribution in [2.75, 3.05) is 17.7 Å². The lowest BCUT2D eigenvalue weighted by molar-refractivity contribution is 0.198. The van der Waals surface area contributed by atoms with Crippen molar-refractivity contribution >= 4 is 45.0 Å². The zero-order valence-corrected chi connectivity index (χ0v) is 13.4. The molecule has 5 heteroatoms. The van der Waals surface area contributed by atoms with Gasteiger partial charge in [-0.1, -0.05) is 18.5 Å². The number of halogens is 2. The van der Waals surface area contributed by atoms with Crippen molar-refractivity contribution < 1.29 is 5.11 Å². The second-order valence-electron chi connectivity index (χ2n) is 4.68. The molecular formula is C13H17BrClNOS. The molecule has 0 amide bonds. The Hall–Kier alpha value is 0.1000. The Bertz CT molecular complexity index is 431. The first kappa shape index (κ1) is 14.5. The molecule has 1 aromatic rings. The summed E-state index contributed by atoms with van der Waals surface area (Å²) in [5, 5.41) is 14.4. The molecular weight excluding hydrogens is 334 g/mol. The molecule has 1 saturated heterocycles. The van der Waals surface area contributed by atoms with Crippen LogP contribution in [0, 0.1) is 0 Å². The van der Waals surface area contributed by atoms with Crippen LogP contribution < -0.4 is 5.32 Å². The molecule has 0 spiro atoms. The topological polar surface area (TPSA) is 32.3 Å². The molecule has 2 nitrogen and oxygen atoms in total. The van der Waals surface area contributed by atoms with E-state index < -0.39 is 0 Å². The maximum Gasteiger partial charge on any atom is 0.0719 e. The van der Waals surface area contributed by atoms with Gasteiger partial charge in [-0.15, -0.1) is 0 Å². The molecule has 1 aromatic carbocycles. The van der Waals surface area contributed by atoms with Crippen LogP contribution in [0.4, 0.5) is 5.69 Å². The summed E-state index contributed by atoms with van der Waals surface area (Å²) in [6.07, 6.45) is 2.13. The predicted molar refractivity (Wildman–Crippen MR) is 83.7 cm³/mol. The number of rotatable bonds is 3.